The summed E-state index contributed by atoms with van der Waals surface area (Å²) in [6.07, 6.45) is 0. The quantitative estimate of drug-likeness (QED) is 0.669. The first kappa shape index (κ1) is 10.00. The number of likely N-dealkylation sites (tertiary alicyclic amines) is 1. The van der Waals surface area contributed by atoms with Crippen LogP contribution in [0.2, 0.25) is 0 Å². The van der Waals surface area contributed by atoms with Crippen LogP contribution in [0.1, 0.15) is 28.4 Å². The number of likely N-dealkylation sites (N-methyl/N-ethyl adjacent to an activating group) is 1. The third kappa shape index (κ3) is 1.25. The molecule has 0 amide bonds. The van der Waals surface area contributed by atoms with Crippen LogP contribution in [0.4, 0.5) is 0 Å². The maximum atomic E-state index is 11.3. The van der Waals surface area contributed by atoms with E-state index in [0.717, 1.165) is 18.7 Å². The van der Waals surface area contributed by atoms with Crippen molar-refractivity contribution in [3.05, 3.63) is 34.9 Å². The number of rotatable bonds is 1. The number of Topliss-reactive ketones (excluding diaryl/α,β-unsaturated/α-hetero) is 1. The summed E-state index contributed by atoms with van der Waals surface area (Å²) in [7, 11) is 2.09. The number of fused-ring (bicyclic) bond motifs is 2. The van der Waals surface area contributed by atoms with Gasteiger partial charge in [-0.05, 0) is 31.2 Å². The summed E-state index contributed by atoms with van der Waals surface area (Å²) < 4.78 is 5.90. The van der Waals surface area contributed by atoms with Crippen LogP contribution >= 0.6 is 0 Å². The third-order valence-electron chi connectivity index (χ3n) is 3.56. The zero-order valence-corrected chi connectivity index (χ0v) is 9.62. The van der Waals surface area contributed by atoms with Gasteiger partial charge < -0.3 is 4.74 Å². The summed E-state index contributed by atoms with van der Waals surface area (Å²) >= 11 is 0. The number of benzene rings is 1. The maximum Gasteiger partial charge on any atom is 0.159 e. The molecule has 0 aliphatic carbocycles. The molecule has 2 heterocycles. The molecule has 0 unspecified atom stereocenters. The van der Waals surface area contributed by atoms with Crippen LogP contribution in [0.25, 0.3) is 0 Å². The molecule has 84 valence electrons. The Morgan fingerprint density at radius 3 is 2.81 bits per heavy atom. The van der Waals surface area contributed by atoms with Crippen molar-refractivity contribution in [1.29, 1.82) is 0 Å². The first-order valence-corrected chi connectivity index (χ1v) is 5.58. The molecule has 1 saturated heterocycles. The van der Waals surface area contributed by atoms with Gasteiger partial charge in [-0.15, -0.1) is 0 Å². The van der Waals surface area contributed by atoms with Crippen molar-refractivity contribution < 1.29 is 9.53 Å². The molecule has 2 aliphatic rings. The number of hydrogen-bond donors (Lipinski definition) is 0. The van der Waals surface area contributed by atoms with Gasteiger partial charge in [0.25, 0.3) is 0 Å². The third-order valence-corrected chi connectivity index (χ3v) is 3.56. The molecule has 1 spiro atoms. The van der Waals surface area contributed by atoms with Gasteiger partial charge in [-0.2, -0.15) is 0 Å². The smallest absolute Gasteiger partial charge is 0.159 e. The highest BCUT2D eigenvalue weighted by Gasteiger charge is 2.48. The van der Waals surface area contributed by atoms with Crippen LogP contribution in [0.15, 0.2) is 18.2 Å². The molecule has 1 aromatic carbocycles. The van der Waals surface area contributed by atoms with E-state index in [-0.39, 0.29) is 11.4 Å². The fourth-order valence-corrected chi connectivity index (χ4v) is 2.76. The lowest BCUT2D eigenvalue weighted by molar-refractivity contribution is -0.132. The van der Waals surface area contributed by atoms with E-state index in [4.69, 9.17) is 4.74 Å². The van der Waals surface area contributed by atoms with E-state index in [1.807, 2.05) is 12.1 Å². The minimum absolute atomic E-state index is 0.0839. The Hall–Kier alpha value is -1.19. The molecule has 0 saturated carbocycles. The van der Waals surface area contributed by atoms with Crippen molar-refractivity contribution in [3.63, 3.8) is 0 Å². The van der Waals surface area contributed by atoms with Crippen LogP contribution < -0.4 is 0 Å². The van der Waals surface area contributed by atoms with E-state index in [9.17, 15) is 4.79 Å². The Morgan fingerprint density at radius 1 is 1.44 bits per heavy atom. The zero-order valence-electron chi connectivity index (χ0n) is 9.62. The first-order valence-electron chi connectivity index (χ1n) is 5.58. The highest BCUT2D eigenvalue weighted by Crippen LogP contribution is 2.42. The molecule has 3 nitrogen and oxygen atoms in total. The summed E-state index contributed by atoms with van der Waals surface area (Å²) in [6.45, 7) is 4.16. The van der Waals surface area contributed by atoms with Crippen LogP contribution in [-0.4, -0.2) is 30.8 Å². The minimum Gasteiger partial charge on any atom is -0.363 e. The lowest BCUT2D eigenvalue weighted by Gasteiger charge is -2.45. The number of carbonyl (C=O) groups excluding carboxylic acids is 1. The Bertz CT molecular complexity index is 461. The second-order valence-corrected chi connectivity index (χ2v) is 4.88. The number of hydrogen-bond acceptors (Lipinski definition) is 3. The molecular formula is C13H15NO2. The molecule has 3 heteroatoms. The Morgan fingerprint density at radius 2 is 2.19 bits per heavy atom. The van der Waals surface area contributed by atoms with E-state index >= 15 is 0 Å². The number of nitrogens with zero attached hydrogens (tertiary/aromatic N) is 1. The van der Waals surface area contributed by atoms with E-state index in [0.29, 0.717) is 6.61 Å². The Kier molecular flexibility index (Phi) is 1.97. The van der Waals surface area contributed by atoms with E-state index < -0.39 is 0 Å². The molecule has 3 rings (SSSR count). The molecular weight excluding hydrogens is 202 g/mol. The van der Waals surface area contributed by atoms with Crippen LogP contribution in [-0.2, 0) is 16.9 Å². The topological polar surface area (TPSA) is 29.5 Å². The summed E-state index contributed by atoms with van der Waals surface area (Å²) in [4.78, 5) is 13.5. The fourth-order valence-electron chi connectivity index (χ4n) is 2.76. The molecule has 0 aromatic heterocycles. The fraction of sp³-hybridized carbons (Fsp3) is 0.462. The number of carbonyl (C=O) groups is 1. The van der Waals surface area contributed by atoms with Gasteiger partial charge >= 0.3 is 0 Å². The molecule has 16 heavy (non-hydrogen) atoms. The monoisotopic (exact) mass is 217 g/mol. The van der Waals surface area contributed by atoms with E-state index in [1.54, 1.807) is 6.92 Å². The number of ketones is 1. The normalized spacial score (nSPS) is 21.9. The SMILES string of the molecule is CC(=O)c1ccc2c(c1)COC21CN(C)C1. The standard InChI is InChI=1S/C13H15NO2/c1-9(15)10-3-4-12-11(5-10)6-16-13(12)7-14(2)8-13/h3-5H,6-8H2,1-2H3. The molecule has 1 aromatic rings. The largest absolute Gasteiger partial charge is 0.363 e. The Labute approximate surface area is 95.0 Å². The van der Waals surface area contributed by atoms with Gasteiger partial charge in [-0.3, -0.25) is 9.69 Å². The van der Waals surface area contributed by atoms with Crippen molar-refractivity contribution in [2.45, 2.75) is 19.1 Å². The summed E-state index contributed by atoms with van der Waals surface area (Å²) in [6, 6.07) is 5.95. The molecule has 0 atom stereocenters. The predicted octanol–water partition coefficient (Wildman–Crippen LogP) is 1.56. The highest BCUT2D eigenvalue weighted by molar-refractivity contribution is 5.94. The molecule has 2 aliphatic heterocycles. The van der Waals surface area contributed by atoms with Crippen molar-refractivity contribution in [3.8, 4) is 0 Å². The van der Waals surface area contributed by atoms with Gasteiger partial charge in [0.05, 0.1) is 6.61 Å². The minimum atomic E-state index is -0.0839. The second kappa shape index (κ2) is 3.15. The summed E-state index contributed by atoms with van der Waals surface area (Å²) in [5, 5.41) is 0. The van der Waals surface area contributed by atoms with Crippen LogP contribution in [0.5, 0.6) is 0 Å². The van der Waals surface area contributed by atoms with E-state index in [2.05, 4.69) is 18.0 Å². The van der Waals surface area contributed by atoms with Crippen LogP contribution in [0.3, 0.4) is 0 Å². The zero-order chi connectivity index (χ0) is 11.3. The van der Waals surface area contributed by atoms with Crippen molar-refractivity contribution in [2.24, 2.45) is 0 Å². The Balaban J connectivity index is 2.00. The van der Waals surface area contributed by atoms with Gasteiger partial charge in [0.2, 0.25) is 0 Å². The average molecular weight is 217 g/mol. The predicted molar refractivity (Wildman–Crippen MR) is 60.4 cm³/mol. The van der Waals surface area contributed by atoms with Gasteiger partial charge in [0.15, 0.2) is 5.78 Å². The highest BCUT2D eigenvalue weighted by atomic mass is 16.5. The second-order valence-electron chi connectivity index (χ2n) is 4.88. The molecule has 0 bridgehead atoms. The maximum absolute atomic E-state index is 11.3. The average Bonchev–Trinajstić information content (AvgIpc) is 2.57. The summed E-state index contributed by atoms with van der Waals surface area (Å²) in [5.41, 5.74) is 3.16. The lowest BCUT2D eigenvalue weighted by atomic mass is 9.85. The number of ether oxygens (including phenoxy) is 1. The van der Waals surface area contributed by atoms with E-state index in [1.165, 1.54) is 11.1 Å². The van der Waals surface area contributed by atoms with Gasteiger partial charge in [0.1, 0.15) is 5.60 Å². The van der Waals surface area contributed by atoms with Crippen molar-refractivity contribution >= 4 is 5.78 Å². The lowest BCUT2D eigenvalue weighted by Crippen LogP contribution is -2.57. The van der Waals surface area contributed by atoms with Gasteiger partial charge in [-0.1, -0.05) is 12.1 Å². The summed E-state index contributed by atoms with van der Waals surface area (Å²) in [5.74, 6) is 0.120. The first-order chi connectivity index (χ1) is 7.61. The van der Waals surface area contributed by atoms with Gasteiger partial charge in [-0.25, -0.2) is 0 Å². The van der Waals surface area contributed by atoms with Crippen molar-refractivity contribution in [1.82, 2.24) is 4.90 Å². The molecule has 0 radical (unpaired) electrons. The van der Waals surface area contributed by atoms with Crippen LogP contribution in [0, 0.1) is 0 Å². The molecule has 1 fully saturated rings. The van der Waals surface area contributed by atoms with Gasteiger partial charge in [0, 0.05) is 18.7 Å². The van der Waals surface area contributed by atoms with Crippen molar-refractivity contribution in [2.75, 3.05) is 20.1 Å². The molecule has 0 N–H and O–H groups in total.